The molecule has 0 aliphatic heterocycles. The van der Waals surface area contributed by atoms with Crippen LogP contribution in [-0.4, -0.2) is 42.7 Å². The van der Waals surface area contributed by atoms with Crippen LogP contribution in [0.1, 0.15) is 48.1 Å². The van der Waals surface area contributed by atoms with Gasteiger partial charge in [-0.15, -0.1) is 10.2 Å². The number of aryl methyl sites for hydroxylation is 3. The van der Waals surface area contributed by atoms with E-state index < -0.39 is 5.54 Å². The third kappa shape index (κ3) is 5.71. The van der Waals surface area contributed by atoms with Crippen LogP contribution in [0.2, 0.25) is 0 Å². The van der Waals surface area contributed by atoms with E-state index in [9.17, 15) is 4.79 Å². The predicted octanol–water partition coefficient (Wildman–Crippen LogP) is 5.25. The second-order valence-electron chi connectivity index (χ2n) is 11.5. The smallest absolute Gasteiger partial charge is 0.239 e. The zero-order valence-electron chi connectivity index (χ0n) is 24.1. The topological polar surface area (TPSA) is 117 Å². The number of hydrogen-bond acceptors (Lipinski definition) is 4. The van der Waals surface area contributed by atoms with E-state index in [1.807, 2.05) is 30.5 Å². The third-order valence-electron chi connectivity index (χ3n) is 7.98. The molecule has 8 nitrogen and oxygen atoms in total. The quantitative estimate of drug-likeness (QED) is 0.173. The molecule has 0 fully saturated rings. The number of benzene rings is 3. The lowest BCUT2D eigenvalue weighted by molar-refractivity contribution is -0.125. The van der Waals surface area contributed by atoms with Crippen LogP contribution in [0, 0.1) is 0 Å². The van der Waals surface area contributed by atoms with Gasteiger partial charge in [-0.25, -0.2) is 0 Å². The molecular formula is C34H37N7O. The summed E-state index contributed by atoms with van der Waals surface area (Å²) in [6.07, 6.45) is 6.54. The van der Waals surface area contributed by atoms with E-state index in [4.69, 9.17) is 15.9 Å². The average Bonchev–Trinajstić information content (AvgIpc) is 3.72. The molecule has 3 heterocycles. The van der Waals surface area contributed by atoms with E-state index in [2.05, 4.69) is 80.6 Å². The minimum Gasteiger partial charge on any atom is -0.361 e. The highest BCUT2D eigenvalue weighted by atomic mass is 16.2. The van der Waals surface area contributed by atoms with E-state index in [0.29, 0.717) is 6.54 Å². The van der Waals surface area contributed by atoms with Gasteiger partial charge in [-0.1, -0.05) is 66.7 Å². The third-order valence-corrected chi connectivity index (χ3v) is 7.98. The van der Waals surface area contributed by atoms with E-state index in [1.165, 1.54) is 16.5 Å². The number of nitrogens with one attached hydrogen (secondary N) is 3. The standard InChI is InChI=1S/C34H37N7O/c1-34(2,35)33(42)38-22-28(27-21-37-30-15-9-7-13-26(27)30)32-40-39-31(41(32)19-18-23-10-4-3-5-11-23)17-16-24-20-36-29-14-8-6-12-25(24)29/h3-15,20-21,28,36-37H,16-19,22,35H2,1-2H3,(H,38,42). The van der Waals surface area contributed by atoms with Gasteiger partial charge in [0.2, 0.25) is 5.91 Å². The molecule has 3 aromatic heterocycles. The predicted molar refractivity (Wildman–Crippen MR) is 167 cm³/mol. The molecule has 0 saturated heterocycles. The van der Waals surface area contributed by atoms with Crippen LogP contribution in [0.15, 0.2) is 91.3 Å². The largest absolute Gasteiger partial charge is 0.361 e. The van der Waals surface area contributed by atoms with Crippen molar-refractivity contribution in [3.63, 3.8) is 0 Å². The molecule has 214 valence electrons. The van der Waals surface area contributed by atoms with Gasteiger partial charge in [-0.3, -0.25) is 4.79 Å². The Labute approximate surface area is 245 Å². The maximum Gasteiger partial charge on any atom is 0.239 e. The monoisotopic (exact) mass is 559 g/mol. The molecule has 0 aliphatic carbocycles. The minimum absolute atomic E-state index is 0.206. The first kappa shape index (κ1) is 27.5. The fourth-order valence-corrected chi connectivity index (χ4v) is 5.65. The van der Waals surface area contributed by atoms with Crippen molar-refractivity contribution >= 4 is 27.7 Å². The number of aromatic amines is 2. The van der Waals surface area contributed by atoms with Crippen LogP contribution >= 0.6 is 0 Å². The number of nitrogens with two attached hydrogens (primary N) is 1. The number of rotatable bonds is 11. The van der Waals surface area contributed by atoms with Crippen LogP contribution in [-0.2, 0) is 30.6 Å². The lowest BCUT2D eigenvalue weighted by Gasteiger charge is -2.22. The molecule has 0 aliphatic rings. The van der Waals surface area contributed by atoms with Crippen molar-refractivity contribution < 1.29 is 4.79 Å². The molecule has 6 aromatic rings. The van der Waals surface area contributed by atoms with E-state index >= 15 is 0 Å². The van der Waals surface area contributed by atoms with Gasteiger partial charge in [0.25, 0.3) is 0 Å². The summed E-state index contributed by atoms with van der Waals surface area (Å²) in [5, 5.41) is 15.0. The van der Waals surface area contributed by atoms with Crippen LogP contribution in [0.5, 0.6) is 0 Å². The molecule has 1 unspecified atom stereocenters. The number of carbonyl (C=O) groups is 1. The van der Waals surface area contributed by atoms with Crippen molar-refractivity contribution in [2.75, 3.05) is 6.54 Å². The lowest BCUT2D eigenvalue weighted by atomic mass is 9.96. The van der Waals surface area contributed by atoms with Crippen molar-refractivity contribution in [2.45, 2.75) is 51.1 Å². The molecule has 0 bridgehead atoms. The number of para-hydroxylation sites is 2. The summed E-state index contributed by atoms with van der Waals surface area (Å²) in [4.78, 5) is 19.7. The van der Waals surface area contributed by atoms with E-state index in [0.717, 1.165) is 59.4 Å². The Balaban J connectivity index is 1.37. The molecule has 3 aromatic carbocycles. The molecule has 42 heavy (non-hydrogen) atoms. The maximum absolute atomic E-state index is 12.9. The number of fused-ring (bicyclic) bond motifs is 2. The summed E-state index contributed by atoms with van der Waals surface area (Å²) in [5.74, 6) is 1.33. The Kier molecular flexibility index (Phi) is 7.63. The Morgan fingerprint density at radius 2 is 1.52 bits per heavy atom. The molecule has 8 heteroatoms. The minimum atomic E-state index is -0.990. The highest BCUT2D eigenvalue weighted by molar-refractivity contribution is 5.86. The molecule has 0 saturated carbocycles. The molecule has 0 radical (unpaired) electrons. The van der Waals surface area contributed by atoms with Crippen molar-refractivity contribution in [1.82, 2.24) is 30.0 Å². The normalized spacial score (nSPS) is 12.6. The first-order valence-corrected chi connectivity index (χ1v) is 14.5. The molecule has 1 atom stereocenters. The Hall–Kier alpha value is -4.69. The van der Waals surface area contributed by atoms with Crippen molar-refractivity contribution in [1.29, 1.82) is 0 Å². The van der Waals surface area contributed by atoms with Crippen LogP contribution in [0.4, 0.5) is 0 Å². The highest BCUT2D eigenvalue weighted by Gasteiger charge is 2.28. The summed E-state index contributed by atoms with van der Waals surface area (Å²) in [7, 11) is 0. The van der Waals surface area contributed by atoms with Gasteiger partial charge < -0.3 is 25.6 Å². The molecule has 1 amide bonds. The fraction of sp³-hybridized carbons (Fsp3) is 0.265. The van der Waals surface area contributed by atoms with Crippen molar-refractivity contribution in [3.05, 3.63) is 120 Å². The lowest BCUT2D eigenvalue weighted by Crippen LogP contribution is -2.50. The molecule has 0 spiro atoms. The number of aromatic nitrogens is 5. The summed E-state index contributed by atoms with van der Waals surface area (Å²) in [6.45, 7) is 4.51. The summed E-state index contributed by atoms with van der Waals surface area (Å²) >= 11 is 0. The second kappa shape index (κ2) is 11.7. The van der Waals surface area contributed by atoms with Gasteiger partial charge in [0.1, 0.15) is 11.6 Å². The molecule has 6 rings (SSSR count). The first-order valence-electron chi connectivity index (χ1n) is 14.5. The average molecular weight is 560 g/mol. The van der Waals surface area contributed by atoms with Gasteiger partial charge in [0.15, 0.2) is 0 Å². The van der Waals surface area contributed by atoms with Crippen molar-refractivity contribution in [3.8, 4) is 0 Å². The maximum atomic E-state index is 12.9. The molecule has 5 N–H and O–H groups in total. The SMILES string of the molecule is CC(C)(N)C(=O)NCC(c1c[nH]c2ccccc12)c1nnc(CCc2c[nH]c3ccccc23)n1CCc1ccccc1. The Morgan fingerprint density at radius 1 is 0.857 bits per heavy atom. The summed E-state index contributed by atoms with van der Waals surface area (Å²) < 4.78 is 2.26. The summed E-state index contributed by atoms with van der Waals surface area (Å²) in [6, 6.07) is 27.1. The Bertz CT molecular complexity index is 1810. The highest BCUT2D eigenvalue weighted by Crippen LogP contribution is 2.31. The first-order chi connectivity index (χ1) is 20.4. The second-order valence-corrected chi connectivity index (χ2v) is 11.5. The zero-order valence-corrected chi connectivity index (χ0v) is 24.1. The Morgan fingerprint density at radius 3 is 2.29 bits per heavy atom. The number of nitrogens with zero attached hydrogens (tertiary/aromatic N) is 3. The van der Waals surface area contributed by atoms with Crippen molar-refractivity contribution in [2.24, 2.45) is 5.73 Å². The number of carbonyl (C=O) groups excluding carboxylic acids is 1. The van der Waals surface area contributed by atoms with Crippen LogP contribution < -0.4 is 11.1 Å². The summed E-state index contributed by atoms with van der Waals surface area (Å²) in [5.41, 5.74) is 10.9. The fourth-order valence-electron chi connectivity index (χ4n) is 5.65. The van der Waals surface area contributed by atoms with Gasteiger partial charge >= 0.3 is 0 Å². The number of amides is 1. The zero-order chi connectivity index (χ0) is 29.1. The van der Waals surface area contributed by atoms with Gasteiger partial charge in [-0.05, 0) is 55.5 Å². The van der Waals surface area contributed by atoms with Crippen LogP contribution in [0.3, 0.4) is 0 Å². The number of hydrogen-bond donors (Lipinski definition) is 4. The van der Waals surface area contributed by atoms with E-state index in [-0.39, 0.29) is 11.8 Å². The molecular weight excluding hydrogens is 522 g/mol. The van der Waals surface area contributed by atoms with Crippen LogP contribution in [0.25, 0.3) is 21.8 Å². The number of H-pyrrole nitrogens is 2. The van der Waals surface area contributed by atoms with Gasteiger partial charge in [0.05, 0.1) is 11.5 Å². The van der Waals surface area contributed by atoms with Gasteiger partial charge in [0, 0.05) is 53.7 Å². The van der Waals surface area contributed by atoms with E-state index in [1.54, 1.807) is 13.8 Å². The van der Waals surface area contributed by atoms with Gasteiger partial charge in [-0.2, -0.15) is 0 Å².